The third-order valence-electron chi connectivity index (χ3n) is 3.72. The Kier molecular flexibility index (Phi) is 3.17. The molecule has 1 unspecified atom stereocenters. The van der Waals surface area contributed by atoms with Gasteiger partial charge in [-0.2, -0.15) is 5.10 Å². The molecule has 108 valence electrons. The Hall–Kier alpha value is -2.70. The monoisotopic (exact) mass is 286 g/mol. The first-order valence-electron chi connectivity index (χ1n) is 6.66. The van der Waals surface area contributed by atoms with Gasteiger partial charge in [0.1, 0.15) is 6.04 Å². The van der Waals surface area contributed by atoms with Gasteiger partial charge in [-0.25, -0.2) is 0 Å². The molecule has 0 bridgehead atoms. The molecule has 7 nitrogen and oxygen atoms in total. The number of carbonyl (C=O) groups is 1. The zero-order valence-electron chi connectivity index (χ0n) is 11.5. The SMILES string of the molecule is CC(C(=O)N1CCc2ccc([N+](=O)[O-])cc21)n1cccn1. The van der Waals surface area contributed by atoms with Crippen LogP contribution in [0.15, 0.2) is 36.7 Å². The number of non-ortho nitro benzene ring substituents is 1. The number of hydrogen-bond donors (Lipinski definition) is 0. The van der Waals surface area contributed by atoms with E-state index in [2.05, 4.69) is 5.10 Å². The number of benzene rings is 1. The van der Waals surface area contributed by atoms with Crippen molar-refractivity contribution in [1.82, 2.24) is 9.78 Å². The van der Waals surface area contributed by atoms with Gasteiger partial charge in [-0.15, -0.1) is 0 Å². The van der Waals surface area contributed by atoms with Crippen molar-refractivity contribution >= 4 is 17.3 Å². The van der Waals surface area contributed by atoms with Crippen LogP contribution in [-0.4, -0.2) is 27.2 Å². The first-order chi connectivity index (χ1) is 10.1. The summed E-state index contributed by atoms with van der Waals surface area (Å²) < 4.78 is 1.58. The standard InChI is InChI=1S/C14H14N4O3/c1-10(17-7-2-6-15-17)14(19)16-8-5-11-3-4-12(18(20)21)9-13(11)16/h2-4,6-7,9-10H,5,8H2,1H3. The average molecular weight is 286 g/mol. The van der Waals surface area contributed by atoms with Crippen molar-refractivity contribution in [2.75, 3.05) is 11.4 Å². The van der Waals surface area contributed by atoms with Crippen LogP contribution in [0.25, 0.3) is 0 Å². The summed E-state index contributed by atoms with van der Waals surface area (Å²) in [6.07, 6.45) is 4.06. The summed E-state index contributed by atoms with van der Waals surface area (Å²) in [5.41, 5.74) is 1.59. The van der Waals surface area contributed by atoms with E-state index in [0.717, 1.165) is 5.56 Å². The molecule has 2 aromatic rings. The van der Waals surface area contributed by atoms with Gasteiger partial charge in [0.05, 0.1) is 10.6 Å². The molecule has 0 radical (unpaired) electrons. The Morgan fingerprint density at radius 3 is 2.95 bits per heavy atom. The summed E-state index contributed by atoms with van der Waals surface area (Å²) in [6, 6.07) is 5.98. The molecule has 1 amide bonds. The minimum absolute atomic E-state index is 0.000178. The Morgan fingerprint density at radius 1 is 1.48 bits per heavy atom. The molecular formula is C14H14N4O3. The molecule has 1 atom stereocenters. The number of nitro benzene ring substituents is 1. The van der Waals surface area contributed by atoms with Crippen molar-refractivity contribution < 1.29 is 9.72 Å². The van der Waals surface area contributed by atoms with Crippen LogP contribution in [0.4, 0.5) is 11.4 Å². The fourth-order valence-electron chi connectivity index (χ4n) is 2.56. The van der Waals surface area contributed by atoms with Crippen molar-refractivity contribution in [2.24, 2.45) is 0 Å². The van der Waals surface area contributed by atoms with E-state index in [1.165, 1.54) is 12.1 Å². The lowest BCUT2D eigenvalue weighted by atomic mass is 10.1. The molecule has 0 spiro atoms. The Balaban J connectivity index is 1.91. The van der Waals surface area contributed by atoms with E-state index in [9.17, 15) is 14.9 Å². The highest BCUT2D eigenvalue weighted by Gasteiger charge is 2.30. The Bertz CT molecular complexity index is 696. The smallest absolute Gasteiger partial charge is 0.271 e. The molecule has 3 rings (SSSR count). The highest BCUT2D eigenvalue weighted by atomic mass is 16.6. The molecule has 21 heavy (non-hydrogen) atoms. The number of amides is 1. The number of anilines is 1. The lowest BCUT2D eigenvalue weighted by Gasteiger charge is -2.21. The number of rotatable bonds is 3. The van der Waals surface area contributed by atoms with E-state index in [1.54, 1.807) is 41.0 Å². The predicted molar refractivity (Wildman–Crippen MR) is 76.1 cm³/mol. The molecule has 7 heteroatoms. The van der Waals surface area contributed by atoms with Gasteiger partial charge in [0.15, 0.2) is 0 Å². The highest BCUT2D eigenvalue weighted by molar-refractivity contribution is 5.98. The van der Waals surface area contributed by atoms with E-state index in [0.29, 0.717) is 18.7 Å². The van der Waals surface area contributed by atoms with Crippen molar-refractivity contribution in [2.45, 2.75) is 19.4 Å². The largest absolute Gasteiger partial charge is 0.310 e. The van der Waals surface area contributed by atoms with Crippen LogP contribution in [0.5, 0.6) is 0 Å². The van der Waals surface area contributed by atoms with Crippen LogP contribution < -0.4 is 4.90 Å². The molecule has 0 N–H and O–H groups in total. The van der Waals surface area contributed by atoms with Crippen molar-refractivity contribution in [3.8, 4) is 0 Å². The number of aromatic nitrogens is 2. The molecule has 1 aliphatic heterocycles. The van der Waals surface area contributed by atoms with E-state index in [1.807, 2.05) is 0 Å². The van der Waals surface area contributed by atoms with E-state index in [4.69, 9.17) is 0 Å². The zero-order chi connectivity index (χ0) is 15.0. The van der Waals surface area contributed by atoms with Crippen LogP contribution in [0.2, 0.25) is 0 Å². The molecule has 1 aromatic heterocycles. The van der Waals surface area contributed by atoms with Crippen LogP contribution in [-0.2, 0) is 11.2 Å². The lowest BCUT2D eigenvalue weighted by molar-refractivity contribution is -0.384. The summed E-state index contributed by atoms with van der Waals surface area (Å²) in [5, 5.41) is 15.0. The molecule has 2 heterocycles. The molecule has 0 fully saturated rings. The third-order valence-corrected chi connectivity index (χ3v) is 3.72. The van der Waals surface area contributed by atoms with Gasteiger partial charge in [-0.05, 0) is 25.0 Å². The van der Waals surface area contributed by atoms with Gasteiger partial charge in [-0.1, -0.05) is 6.07 Å². The normalized spacial score (nSPS) is 14.8. The molecule has 1 aliphatic rings. The van der Waals surface area contributed by atoms with Gasteiger partial charge < -0.3 is 4.90 Å². The Labute approximate surface area is 120 Å². The first-order valence-corrected chi connectivity index (χ1v) is 6.66. The summed E-state index contributed by atoms with van der Waals surface area (Å²) in [5.74, 6) is -0.113. The van der Waals surface area contributed by atoms with Crippen molar-refractivity contribution in [3.05, 3.63) is 52.3 Å². The average Bonchev–Trinajstić information content (AvgIpc) is 3.14. The summed E-state index contributed by atoms with van der Waals surface area (Å²) >= 11 is 0. The molecule has 0 saturated carbocycles. The summed E-state index contributed by atoms with van der Waals surface area (Å²) in [4.78, 5) is 24.6. The number of nitro groups is 1. The van der Waals surface area contributed by atoms with E-state index in [-0.39, 0.29) is 11.6 Å². The molecule has 0 aliphatic carbocycles. The quantitative estimate of drug-likeness (QED) is 0.638. The lowest BCUT2D eigenvalue weighted by Crippen LogP contribution is -2.35. The maximum atomic E-state index is 12.6. The minimum atomic E-state index is -0.446. The number of hydrogen-bond acceptors (Lipinski definition) is 4. The second-order valence-electron chi connectivity index (χ2n) is 4.97. The number of fused-ring (bicyclic) bond motifs is 1. The van der Waals surface area contributed by atoms with Gasteiger partial charge in [0.2, 0.25) is 0 Å². The maximum absolute atomic E-state index is 12.6. The number of carbonyl (C=O) groups excluding carboxylic acids is 1. The summed E-state index contributed by atoms with van der Waals surface area (Å²) in [7, 11) is 0. The maximum Gasteiger partial charge on any atom is 0.271 e. The molecule has 0 saturated heterocycles. The second kappa shape index (κ2) is 5.01. The van der Waals surface area contributed by atoms with Crippen LogP contribution in [0.3, 0.4) is 0 Å². The number of nitrogens with zero attached hydrogens (tertiary/aromatic N) is 4. The molecule has 1 aromatic carbocycles. The highest BCUT2D eigenvalue weighted by Crippen LogP contribution is 2.33. The van der Waals surface area contributed by atoms with E-state index < -0.39 is 11.0 Å². The van der Waals surface area contributed by atoms with Gasteiger partial charge in [0, 0.05) is 31.1 Å². The second-order valence-corrected chi connectivity index (χ2v) is 4.97. The van der Waals surface area contributed by atoms with Crippen LogP contribution >= 0.6 is 0 Å². The fraction of sp³-hybridized carbons (Fsp3) is 0.286. The van der Waals surface area contributed by atoms with Crippen LogP contribution in [0.1, 0.15) is 18.5 Å². The Morgan fingerprint density at radius 2 is 2.29 bits per heavy atom. The van der Waals surface area contributed by atoms with Gasteiger partial charge in [-0.3, -0.25) is 19.6 Å². The first kappa shape index (κ1) is 13.3. The van der Waals surface area contributed by atoms with Crippen molar-refractivity contribution in [3.63, 3.8) is 0 Å². The van der Waals surface area contributed by atoms with Gasteiger partial charge in [0.25, 0.3) is 11.6 Å². The van der Waals surface area contributed by atoms with Gasteiger partial charge >= 0.3 is 0 Å². The van der Waals surface area contributed by atoms with E-state index >= 15 is 0 Å². The third kappa shape index (κ3) is 2.26. The summed E-state index contributed by atoms with van der Waals surface area (Å²) in [6.45, 7) is 2.31. The predicted octanol–water partition coefficient (Wildman–Crippen LogP) is 1.94. The molecular weight excluding hydrogens is 272 g/mol. The minimum Gasteiger partial charge on any atom is -0.310 e. The fourth-order valence-corrected chi connectivity index (χ4v) is 2.56. The van der Waals surface area contributed by atoms with Crippen molar-refractivity contribution in [1.29, 1.82) is 0 Å². The topological polar surface area (TPSA) is 81.3 Å². The van der Waals surface area contributed by atoms with Crippen LogP contribution in [0, 0.1) is 10.1 Å². The zero-order valence-corrected chi connectivity index (χ0v) is 11.5.